The summed E-state index contributed by atoms with van der Waals surface area (Å²) in [5, 5.41) is 12.4. The minimum Gasteiger partial charge on any atom is -0.397 e. The van der Waals surface area contributed by atoms with Crippen LogP contribution in [-0.2, 0) is 0 Å². The van der Waals surface area contributed by atoms with Crippen molar-refractivity contribution in [3.8, 4) is 0 Å². The molecule has 0 heterocycles. The number of nitrogens with one attached hydrogen (secondary N) is 1. The van der Waals surface area contributed by atoms with Crippen LogP contribution in [-0.4, -0.2) is 18.3 Å². The van der Waals surface area contributed by atoms with Gasteiger partial charge < -0.3 is 16.2 Å². The Balaban J connectivity index is 2.07. The Bertz CT molecular complexity index is 402. The second-order valence-electron chi connectivity index (χ2n) is 4.70. The van der Waals surface area contributed by atoms with E-state index in [0.717, 1.165) is 18.5 Å². The number of nitrogens with two attached hydrogens (primary N) is 1. The highest BCUT2D eigenvalue weighted by Gasteiger charge is 2.41. The van der Waals surface area contributed by atoms with Crippen LogP contribution in [0.15, 0.2) is 12.1 Å². The molecule has 1 saturated carbocycles. The van der Waals surface area contributed by atoms with Gasteiger partial charge in [0.1, 0.15) is 5.82 Å². The number of aliphatic hydroxyl groups excluding tert-OH is 1. The molecule has 3 nitrogen and oxygen atoms in total. The summed E-state index contributed by atoms with van der Waals surface area (Å²) in [6, 6.07) is 3.04. The number of halogens is 1. The SMILES string of the molecule is Cc1cc(NCC2(CO)CC2)c(N)cc1F. The topological polar surface area (TPSA) is 58.3 Å². The van der Waals surface area contributed by atoms with Gasteiger partial charge in [-0.25, -0.2) is 4.39 Å². The molecule has 0 saturated heterocycles. The molecule has 16 heavy (non-hydrogen) atoms. The fourth-order valence-corrected chi connectivity index (χ4v) is 1.70. The highest BCUT2D eigenvalue weighted by atomic mass is 19.1. The number of aliphatic hydroxyl groups is 1. The fourth-order valence-electron chi connectivity index (χ4n) is 1.70. The number of hydrogen-bond acceptors (Lipinski definition) is 3. The van der Waals surface area contributed by atoms with Gasteiger partial charge in [0.2, 0.25) is 0 Å². The van der Waals surface area contributed by atoms with E-state index in [1.54, 1.807) is 13.0 Å². The predicted molar refractivity (Wildman–Crippen MR) is 62.8 cm³/mol. The number of rotatable bonds is 4. The molecule has 1 aliphatic carbocycles. The summed E-state index contributed by atoms with van der Waals surface area (Å²) < 4.78 is 13.2. The predicted octanol–water partition coefficient (Wildman–Crippen LogP) is 1.90. The van der Waals surface area contributed by atoms with Gasteiger partial charge in [-0.1, -0.05) is 0 Å². The molecule has 0 amide bonds. The molecule has 4 heteroatoms. The highest BCUT2D eigenvalue weighted by molar-refractivity contribution is 5.67. The zero-order chi connectivity index (χ0) is 11.8. The Kier molecular flexibility index (Phi) is 2.76. The molecule has 0 aromatic heterocycles. The van der Waals surface area contributed by atoms with Gasteiger partial charge in [0.05, 0.1) is 18.0 Å². The lowest BCUT2D eigenvalue weighted by Crippen LogP contribution is -2.19. The van der Waals surface area contributed by atoms with Crippen LogP contribution in [0.5, 0.6) is 0 Å². The number of benzene rings is 1. The van der Waals surface area contributed by atoms with Crippen LogP contribution in [0.1, 0.15) is 18.4 Å². The molecular formula is C12H17FN2O. The van der Waals surface area contributed by atoms with Gasteiger partial charge in [-0.05, 0) is 37.5 Å². The van der Waals surface area contributed by atoms with Crippen LogP contribution in [0.4, 0.5) is 15.8 Å². The van der Waals surface area contributed by atoms with Crippen LogP contribution in [0.3, 0.4) is 0 Å². The molecule has 1 aromatic rings. The summed E-state index contributed by atoms with van der Waals surface area (Å²) in [5.41, 5.74) is 7.48. The van der Waals surface area contributed by atoms with Crippen LogP contribution in [0, 0.1) is 18.2 Å². The van der Waals surface area contributed by atoms with Crippen molar-refractivity contribution in [3.05, 3.63) is 23.5 Å². The van der Waals surface area contributed by atoms with Crippen molar-refractivity contribution in [1.82, 2.24) is 0 Å². The standard InChI is InChI=1S/C12H17FN2O/c1-8-4-11(10(14)5-9(8)13)15-6-12(7-16)2-3-12/h4-5,15-16H,2-3,6-7,14H2,1H3. The van der Waals surface area contributed by atoms with E-state index in [0.29, 0.717) is 17.8 Å². The molecule has 0 radical (unpaired) electrons. The second kappa shape index (κ2) is 3.94. The Morgan fingerprint density at radius 2 is 2.19 bits per heavy atom. The molecule has 1 aliphatic rings. The first-order chi connectivity index (χ1) is 7.56. The summed E-state index contributed by atoms with van der Waals surface area (Å²) in [7, 11) is 0. The Labute approximate surface area is 94.5 Å². The third-order valence-corrected chi connectivity index (χ3v) is 3.28. The molecule has 0 unspecified atom stereocenters. The van der Waals surface area contributed by atoms with Crippen molar-refractivity contribution in [2.45, 2.75) is 19.8 Å². The van der Waals surface area contributed by atoms with Crippen LogP contribution >= 0.6 is 0 Å². The summed E-state index contributed by atoms with van der Waals surface area (Å²) in [6.07, 6.45) is 2.08. The summed E-state index contributed by atoms with van der Waals surface area (Å²) in [5.74, 6) is -0.286. The Morgan fingerprint density at radius 1 is 1.50 bits per heavy atom. The normalized spacial score (nSPS) is 17.2. The van der Waals surface area contributed by atoms with Crippen molar-refractivity contribution in [2.75, 3.05) is 24.2 Å². The lowest BCUT2D eigenvalue weighted by molar-refractivity contribution is 0.220. The average molecular weight is 224 g/mol. The van der Waals surface area contributed by atoms with Gasteiger partial charge >= 0.3 is 0 Å². The molecule has 0 spiro atoms. The number of hydrogen-bond donors (Lipinski definition) is 3. The highest BCUT2D eigenvalue weighted by Crippen LogP contribution is 2.45. The molecule has 0 bridgehead atoms. The fraction of sp³-hybridized carbons (Fsp3) is 0.500. The molecule has 88 valence electrons. The van der Waals surface area contributed by atoms with Gasteiger partial charge in [-0.3, -0.25) is 0 Å². The molecule has 0 aliphatic heterocycles. The number of aryl methyl sites for hydroxylation is 1. The first kappa shape index (κ1) is 11.2. The molecule has 2 rings (SSSR count). The van der Waals surface area contributed by atoms with Crippen LogP contribution in [0.2, 0.25) is 0 Å². The lowest BCUT2D eigenvalue weighted by Gasteiger charge is -2.16. The van der Waals surface area contributed by atoms with Gasteiger partial charge in [-0.15, -0.1) is 0 Å². The van der Waals surface area contributed by atoms with Gasteiger partial charge in [-0.2, -0.15) is 0 Å². The van der Waals surface area contributed by atoms with E-state index < -0.39 is 0 Å². The lowest BCUT2D eigenvalue weighted by atomic mass is 10.1. The average Bonchev–Trinajstić information content (AvgIpc) is 3.02. The minimum absolute atomic E-state index is 0.0226. The first-order valence-corrected chi connectivity index (χ1v) is 5.47. The van der Waals surface area contributed by atoms with E-state index in [-0.39, 0.29) is 17.8 Å². The summed E-state index contributed by atoms with van der Waals surface area (Å²) in [4.78, 5) is 0. The van der Waals surface area contributed by atoms with E-state index in [1.807, 2.05) is 0 Å². The third kappa shape index (κ3) is 2.11. The maximum Gasteiger partial charge on any atom is 0.128 e. The van der Waals surface area contributed by atoms with E-state index >= 15 is 0 Å². The smallest absolute Gasteiger partial charge is 0.128 e. The minimum atomic E-state index is -0.286. The molecule has 0 atom stereocenters. The van der Waals surface area contributed by atoms with Crippen molar-refractivity contribution in [3.63, 3.8) is 0 Å². The summed E-state index contributed by atoms with van der Waals surface area (Å²) in [6.45, 7) is 2.59. The maximum atomic E-state index is 13.2. The first-order valence-electron chi connectivity index (χ1n) is 5.47. The number of nitrogen functional groups attached to an aromatic ring is 1. The Hall–Kier alpha value is -1.29. The zero-order valence-electron chi connectivity index (χ0n) is 9.39. The van der Waals surface area contributed by atoms with E-state index in [2.05, 4.69) is 5.32 Å². The van der Waals surface area contributed by atoms with Gasteiger partial charge in [0.15, 0.2) is 0 Å². The van der Waals surface area contributed by atoms with E-state index in [4.69, 9.17) is 5.73 Å². The Morgan fingerprint density at radius 3 is 2.75 bits per heavy atom. The van der Waals surface area contributed by atoms with Gasteiger partial charge in [0.25, 0.3) is 0 Å². The van der Waals surface area contributed by atoms with Crippen molar-refractivity contribution in [2.24, 2.45) is 5.41 Å². The van der Waals surface area contributed by atoms with E-state index in [1.165, 1.54) is 6.07 Å². The quantitative estimate of drug-likeness (QED) is 0.685. The van der Waals surface area contributed by atoms with Crippen molar-refractivity contribution < 1.29 is 9.50 Å². The van der Waals surface area contributed by atoms with Crippen molar-refractivity contribution >= 4 is 11.4 Å². The largest absolute Gasteiger partial charge is 0.397 e. The van der Waals surface area contributed by atoms with Crippen LogP contribution < -0.4 is 11.1 Å². The molecule has 1 fully saturated rings. The monoisotopic (exact) mass is 224 g/mol. The third-order valence-electron chi connectivity index (χ3n) is 3.28. The molecule has 4 N–H and O–H groups in total. The molecular weight excluding hydrogens is 207 g/mol. The molecule has 1 aromatic carbocycles. The maximum absolute atomic E-state index is 13.2. The summed E-state index contributed by atoms with van der Waals surface area (Å²) >= 11 is 0. The van der Waals surface area contributed by atoms with E-state index in [9.17, 15) is 9.50 Å². The van der Waals surface area contributed by atoms with Crippen LogP contribution in [0.25, 0.3) is 0 Å². The van der Waals surface area contributed by atoms with Gasteiger partial charge in [0, 0.05) is 12.0 Å². The number of anilines is 2. The van der Waals surface area contributed by atoms with Crippen molar-refractivity contribution in [1.29, 1.82) is 0 Å². The zero-order valence-corrected chi connectivity index (χ0v) is 9.39. The second-order valence-corrected chi connectivity index (χ2v) is 4.70.